The van der Waals surface area contributed by atoms with Crippen LogP contribution in [0.2, 0.25) is 0 Å². The summed E-state index contributed by atoms with van der Waals surface area (Å²) in [6, 6.07) is 9.70. The first-order valence-electron chi connectivity index (χ1n) is 8.19. The number of rotatable bonds is 6. The van der Waals surface area contributed by atoms with Gasteiger partial charge in [-0.25, -0.2) is 0 Å². The van der Waals surface area contributed by atoms with E-state index in [2.05, 4.69) is 6.58 Å². The van der Waals surface area contributed by atoms with Crippen LogP contribution in [0.25, 0.3) is 11.6 Å². The summed E-state index contributed by atoms with van der Waals surface area (Å²) in [5.41, 5.74) is 0.474. The van der Waals surface area contributed by atoms with Crippen molar-refractivity contribution in [2.45, 2.75) is 19.5 Å². The lowest BCUT2D eigenvalue weighted by atomic mass is 9.99. The van der Waals surface area contributed by atoms with Gasteiger partial charge in [0.1, 0.15) is 0 Å². The Hall–Kier alpha value is -3.20. The maximum Gasteiger partial charge on any atom is 0.416 e. The van der Waals surface area contributed by atoms with E-state index in [9.17, 15) is 23.5 Å². The number of halogens is 3. The van der Waals surface area contributed by atoms with Crippen LogP contribution in [0.15, 0.2) is 49.1 Å². The molecule has 6 heteroatoms. The molecule has 0 fully saturated rings. The van der Waals surface area contributed by atoms with E-state index in [1.807, 2.05) is 6.07 Å². The van der Waals surface area contributed by atoms with Gasteiger partial charge in [-0.3, -0.25) is 0 Å². The molecule has 0 radical (unpaired) electrons. The van der Waals surface area contributed by atoms with Gasteiger partial charge in [0, 0.05) is 5.56 Å². The van der Waals surface area contributed by atoms with E-state index >= 15 is 0 Å². The van der Waals surface area contributed by atoms with Gasteiger partial charge in [-0.15, -0.1) is 6.58 Å². The Morgan fingerprint density at radius 1 is 1.30 bits per heavy atom. The topological polar surface area (TPSA) is 53.2 Å². The molecule has 2 rings (SSSR count). The van der Waals surface area contributed by atoms with Gasteiger partial charge in [0.05, 0.1) is 23.8 Å². The minimum Gasteiger partial charge on any atom is -0.504 e. The van der Waals surface area contributed by atoms with Gasteiger partial charge in [-0.05, 0) is 54.8 Å². The van der Waals surface area contributed by atoms with Crippen molar-refractivity contribution in [2.24, 2.45) is 0 Å². The Balaban J connectivity index is 2.55. The summed E-state index contributed by atoms with van der Waals surface area (Å²) in [6.45, 7) is 5.72. The molecule has 0 heterocycles. The Bertz CT molecular complexity index is 909. The lowest BCUT2D eigenvalue weighted by molar-refractivity contribution is -0.137. The van der Waals surface area contributed by atoms with Crippen molar-refractivity contribution in [2.75, 3.05) is 6.61 Å². The number of alkyl halides is 3. The molecule has 2 aromatic rings. The van der Waals surface area contributed by atoms with Crippen LogP contribution >= 0.6 is 0 Å². The van der Waals surface area contributed by atoms with E-state index in [1.54, 1.807) is 19.1 Å². The van der Waals surface area contributed by atoms with Crippen LogP contribution < -0.4 is 4.74 Å². The minimum atomic E-state index is -4.49. The van der Waals surface area contributed by atoms with Crippen LogP contribution in [0.3, 0.4) is 0 Å². The summed E-state index contributed by atoms with van der Waals surface area (Å²) in [5.74, 6) is 0.218. The van der Waals surface area contributed by atoms with E-state index < -0.39 is 11.7 Å². The number of nitriles is 1. The predicted octanol–water partition coefficient (Wildman–Crippen LogP) is 5.60. The second-order valence-electron chi connectivity index (χ2n) is 5.70. The Kier molecular flexibility index (Phi) is 6.30. The molecule has 27 heavy (non-hydrogen) atoms. The van der Waals surface area contributed by atoms with Gasteiger partial charge in [0.15, 0.2) is 11.5 Å². The minimum absolute atomic E-state index is 0.0218. The average Bonchev–Trinajstić information content (AvgIpc) is 2.63. The highest BCUT2D eigenvalue weighted by molar-refractivity contribution is 5.90. The van der Waals surface area contributed by atoms with Crippen LogP contribution in [-0.2, 0) is 12.6 Å². The predicted molar refractivity (Wildman–Crippen MR) is 98.1 cm³/mol. The highest BCUT2D eigenvalue weighted by Crippen LogP contribution is 2.35. The van der Waals surface area contributed by atoms with Gasteiger partial charge in [-0.2, -0.15) is 18.4 Å². The zero-order valence-corrected chi connectivity index (χ0v) is 14.7. The number of hydrogen-bond acceptors (Lipinski definition) is 3. The highest BCUT2D eigenvalue weighted by Gasteiger charge is 2.30. The molecule has 0 spiro atoms. The fourth-order valence-corrected chi connectivity index (χ4v) is 2.56. The highest BCUT2D eigenvalue weighted by atomic mass is 19.4. The second kappa shape index (κ2) is 8.45. The molecular weight excluding hydrogens is 355 g/mol. The van der Waals surface area contributed by atoms with Gasteiger partial charge < -0.3 is 9.84 Å². The largest absolute Gasteiger partial charge is 0.504 e. The molecular formula is C21H18F3NO2. The normalized spacial score (nSPS) is 11.7. The number of nitrogens with zero attached hydrogens (tertiary/aromatic N) is 1. The van der Waals surface area contributed by atoms with Crippen molar-refractivity contribution in [1.82, 2.24) is 0 Å². The fraction of sp³-hybridized carbons (Fsp3) is 0.190. The molecule has 0 atom stereocenters. The number of aromatic hydroxyl groups is 1. The van der Waals surface area contributed by atoms with Crippen LogP contribution in [-0.4, -0.2) is 11.7 Å². The molecule has 0 aliphatic rings. The molecule has 0 aliphatic carbocycles. The zero-order valence-electron chi connectivity index (χ0n) is 14.7. The van der Waals surface area contributed by atoms with Gasteiger partial charge in [0.2, 0.25) is 0 Å². The van der Waals surface area contributed by atoms with Crippen molar-refractivity contribution in [3.63, 3.8) is 0 Å². The molecule has 0 amide bonds. The number of phenolic OH excluding ortho intramolecular Hbond substituents is 1. The molecule has 0 saturated heterocycles. The first-order chi connectivity index (χ1) is 12.8. The third-order valence-electron chi connectivity index (χ3n) is 3.77. The number of ether oxygens (including phenoxy) is 1. The Morgan fingerprint density at radius 2 is 2.04 bits per heavy atom. The van der Waals surface area contributed by atoms with E-state index in [-0.39, 0.29) is 22.6 Å². The maximum atomic E-state index is 12.9. The number of hydrogen-bond donors (Lipinski definition) is 1. The molecule has 2 aromatic carbocycles. The summed E-state index contributed by atoms with van der Waals surface area (Å²) in [5, 5.41) is 19.7. The van der Waals surface area contributed by atoms with Crippen molar-refractivity contribution in [1.29, 1.82) is 5.26 Å². The summed E-state index contributed by atoms with van der Waals surface area (Å²) in [6.07, 6.45) is -1.05. The van der Waals surface area contributed by atoms with Crippen molar-refractivity contribution in [3.8, 4) is 17.6 Å². The second-order valence-corrected chi connectivity index (χ2v) is 5.70. The lowest BCUT2D eigenvalue weighted by Gasteiger charge is -2.12. The average molecular weight is 373 g/mol. The zero-order chi connectivity index (χ0) is 20.0. The van der Waals surface area contributed by atoms with E-state index in [4.69, 9.17) is 4.74 Å². The molecule has 1 N–H and O–H groups in total. The van der Waals surface area contributed by atoms with Gasteiger partial charge in [0.25, 0.3) is 0 Å². The molecule has 3 nitrogen and oxygen atoms in total. The van der Waals surface area contributed by atoms with Crippen LogP contribution in [0.5, 0.6) is 11.5 Å². The lowest BCUT2D eigenvalue weighted by Crippen LogP contribution is -2.04. The summed E-state index contributed by atoms with van der Waals surface area (Å²) >= 11 is 0. The summed E-state index contributed by atoms with van der Waals surface area (Å²) in [7, 11) is 0. The SMILES string of the molecule is C=CCc1cc(/C=C(/C#N)c2cccc(C(F)(F)F)c2)cc(OCC)c1O. The van der Waals surface area contributed by atoms with Crippen LogP contribution in [0.4, 0.5) is 13.2 Å². The van der Waals surface area contributed by atoms with Crippen LogP contribution in [0.1, 0.15) is 29.2 Å². The molecule has 0 saturated carbocycles. The van der Waals surface area contributed by atoms with E-state index in [0.29, 0.717) is 24.2 Å². The Labute approximate surface area is 155 Å². The summed E-state index contributed by atoms with van der Waals surface area (Å²) in [4.78, 5) is 0. The van der Waals surface area contributed by atoms with Gasteiger partial charge >= 0.3 is 6.18 Å². The van der Waals surface area contributed by atoms with E-state index in [1.165, 1.54) is 24.3 Å². The van der Waals surface area contributed by atoms with Gasteiger partial charge in [-0.1, -0.05) is 18.2 Å². The molecule has 140 valence electrons. The fourth-order valence-electron chi connectivity index (χ4n) is 2.56. The third-order valence-corrected chi connectivity index (χ3v) is 3.77. The number of allylic oxidation sites excluding steroid dienone is 2. The molecule has 0 aromatic heterocycles. The monoisotopic (exact) mass is 373 g/mol. The van der Waals surface area contributed by atoms with E-state index in [0.717, 1.165) is 12.1 Å². The van der Waals surface area contributed by atoms with Crippen LogP contribution in [0, 0.1) is 11.3 Å². The number of benzene rings is 2. The standard InChI is InChI=1S/C21H18F3NO2/c1-3-6-16-9-14(11-19(20(16)26)27-4-2)10-17(13-25)15-7-5-8-18(12-15)21(22,23)24/h3,5,7-12,26H,1,4,6H2,2H3/b17-10-. The molecule has 0 bridgehead atoms. The van der Waals surface area contributed by atoms with Crippen molar-refractivity contribution < 1.29 is 23.0 Å². The third kappa shape index (κ3) is 4.91. The molecule has 0 aliphatic heterocycles. The smallest absolute Gasteiger partial charge is 0.416 e. The number of phenols is 1. The first kappa shape index (κ1) is 20.1. The van der Waals surface area contributed by atoms with Crippen molar-refractivity contribution in [3.05, 3.63) is 71.3 Å². The van der Waals surface area contributed by atoms with Crippen molar-refractivity contribution >= 4 is 11.6 Å². The first-order valence-corrected chi connectivity index (χ1v) is 8.19. The Morgan fingerprint density at radius 3 is 2.63 bits per heavy atom. The molecule has 0 unspecified atom stereocenters. The summed E-state index contributed by atoms with van der Waals surface area (Å²) < 4.78 is 44.2. The quantitative estimate of drug-likeness (QED) is 0.407. The maximum absolute atomic E-state index is 12.9.